The lowest BCUT2D eigenvalue weighted by atomic mass is 9.97. The van der Waals surface area contributed by atoms with Crippen LogP contribution >= 0.6 is 34.8 Å². The van der Waals surface area contributed by atoms with Crippen LogP contribution < -0.4 is 0 Å². The molecule has 5 nitrogen and oxygen atoms in total. The van der Waals surface area contributed by atoms with E-state index >= 15 is 0 Å². The molecule has 0 radical (unpaired) electrons. The molecule has 0 bridgehead atoms. The van der Waals surface area contributed by atoms with Crippen molar-refractivity contribution in [2.24, 2.45) is 0 Å². The van der Waals surface area contributed by atoms with Crippen LogP contribution in [0.5, 0.6) is 0 Å². The maximum absolute atomic E-state index is 12.9. The second-order valence-corrected chi connectivity index (χ2v) is 6.33. The Kier molecular flexibility index (Phi) is 4.45. The highest BCUT2D eigenvalue weighted by Gasteiger charge is 2.45. The van der Waals surface area contributed by atoms with Crippen LogP contribution in [0.25, 0.3) is 10.9 Å². The molecule has 1 aliphatic rings. The SMILES string of the molecule is N#Cc1c(Cl)[nH]c2cc(Cl)c(Cl)c([C@@H]3O[C@H](CF)[C@@H](O)[C@H]3O)c12. The van der Waals surface area contributed by atoms with Crippen LogP contribution in [0.2, 0.25) is 15.2 Å². The molecule has 9 heteroatoms. The Balaban J connectivity index is 2.28. The number of rotatable bonds is 2. The van der Waals surface area contributed by atoms with Gasteiger partial charge in [0.25, 0.3) is 0 Å². The predicted molar refractivity (Wildman–Crippen MR) is 83.6 cm³/mol. The first-order chi connectivity index (χ1) is 10.9. The third-order valence-electron chi connectivity index (χ3n) is 3.88. The summed E-state index contributed by atoms with van der Waals surface area (Å²) >= 11 is 18.3. The fourth-order valence-electron chi connectivity index (χ4n) is 2.79. The van der Waals surface area contributed by atoms with Gasteiger partial charge in [-0.3, -0.25) is 0 Å². The number of hydrogen-bond acceptors (Lipinski definition) is 4. The summed E-state index contributed by atoms with van der Waals surface area (Å²) in [6.07, 6.45) is -5.18. The van der Waals surface area contributed by atoms with Gasteiger partial charge in [-0.25, -0.2) is 4.39 Å². The first-order valence-electron chi connectivity index (χ1n) is 6.57. The molecule has 1 aliphatic heterocycles. The largest absolute Gasteiger partial charge is 0.387 e. The number of hydrogen-bond donors (Lipinski definition) is 3. The summed E-state index contributed by atoms with van der Waals surface area (Å²) in [5.74, 6) is 0. The summed E-state index contributed by atoms with van der Waals surface area (Å²) in [7, 11) is 0. The second kappa shape index (κ2) is 6.10. The fourth-order valence-corrected chi connectivity index (χ4v) is 3.50. The van der Waals surface area contributed by atoms with E-state index in [4.69, 9.17) is 39.5 Å². The first kappa shape index (κ1) is 16.8. The minimum absolute atomic E-state index is 0.0436. The van der Waals surface area contributed by atoms with E-state index < -0.39 is 31.1 Å². The molecule has 0 spiro atoms. The Morgan fingerprint density at radius 2 is 2.00 bits per heavy atom. The van der Waals surface area contributed by atoms with E-state index in [-0.39, 0.29) is 26.3 Å². The van der Waals surface area contributed by atoms with E-state index in [1.165, 1.54) is 6.07 Å². The average Bonchev–Trinajstić information content (AvgIpc) is 2.98. The van der Waals surface area contributed by atoms with Crippen molar-refractivity contribution >= 4 is 45.7 Å². The second-order valence-electron chi connectivity index (χ2n) is 5.17. The number of aliphatic hydroxyl groups excluding tert-OH is 2. The third kappa shape index (κ3) is 2.49. The molecule has 2 heterocycles. The van der Waals surface area contributed by atoms with E-state index in [1.807, 2.05) is 6.07 Å². The van der Waals surface area contributed by atoms with Crippen molar-refractivity contribution < 1.29 is 19.3 Å². The number of H-pyrrole nitrogens is 1. The summed E-state index contributed by atoms with van der Waals surface area (Å²) in [4.78, 5) is 2.79. The maximum atomic E-state index is 12.9. The number of halogens is 4. The van der Waals surface area contributed by atoms with Crippen molar-refractivity contribution in [3.8, 4) is 6.07 Å². The van der Waals surface area contributed by atoms with Gasteiger partial charge in [0.05, 0.1) is 15.6 Å². The normalized spacial score (nSPS) is 27.5. The highest BCUT2D eigenvalue weighted by molar-refractivity contribution is 6.44. The molecule has 1 saturated heterocycles. The Morgan fingerprint density at radius 3 is 2.57 bits per heavy atom. The van der Waals surface area contributed by atoms with Gasteiger partial charge in [0.15, 0.2) is 0 Å². The lowest BCUT2D eigenvalue weighted by Gasteiger charge is -2.18. The van der Waals surface area contributed by atoms with E-state index in [0.717, 1.165) is 0 Å². The van der Waals surface area contributed by atoms with Crippen LogP contribution in [-0.4, -0.2) is 40.2 Å². The highest BCUT2D eigenvalue weighted by atomic mass is 35.5. The number of benzene rings is 1. The predicted octanol–water partition coefficient (Wildman–Crippen LogP) is 3.13. The van der Waals surface area contributed by atoms with Crippen molar-refractivity contribution in [3.63, 3.8) is 0 Å². The molecule has 1 aromatic heterocycles. The molecule has 4 atom stereocenters. The van der Waals surface area contributed by atoms with Gasteiger partial charge in [0, 0.05) is 16.5 Å². The van der Waals surface area contributed by atoms with Crippen LogP contribution in [0.15, 0.2) is 6.07 Å². The Bertz CT molecular complexity index is 820. The van der Waals surface area contributed by atoms with Gasteiger partial charge in [-0.05, 0) is 6.07 Å². The lowest BCUT2D eigenvalue weighted by molar-refractivity contribution is -0.00444. The number of aliphatic hydroxyl groups is 2. The zero-order valence-electron chi connectivity index (χ0n) is 11.4. The molecule has 0 saturated carbocycles. The summed E-state index contributed by atoms with van der Waals surface area (Å²) < 4.78 is 18.3. The molecule has 0 unspecified atom stereocenters. The van der Waals surface area contributed by atoms with Gasteiger partial charge < -0.3 is 19.9 Å². The number of aromatic nitrogens is 1. The van der Waals surface area contributed by atoms with Crippen molar-refractivity contribution in [2.75, 3.05) is 6.67 Å². The zero-order chi connectivity index (χ0) is 16.9. The van der Waals surface area contributed by atoms with Crippen LogP contribution in [0.3, 0.4) is 0 Å². The standard InChI is InChI=1S/C14H10Cl3FN2O3/c15-5-1-6-8(4(3-19)14(17)20-6)9(10(5)16)13-12(22)11(21)7(2-18)23-13/h1,7,11-13,20-22H,2H2/t7-,11-,12-,13+/m1/s1. The quantitative estimate of drug-likeness (QED) is 0.748. The molecule has 3 N–H and O–H groups in total. The van der Waals surface area contributed by atoms with Crippen LogP contribution in [-0.2, 0) is 4.74 Å². The minimum Gasteiger partial charge on any atom is -0.387 e. The van der Waals surface area contributed by atoms with Gasteiger partial charge in [0.2, 0.25) is 0 Å². The Morgan fingerprint density at radius 1 is 1.30 bits per heavy atom. The molecular formula is C14H10Cl3FN2O3. The zero-order valence-corrected chi connectivity index (χ0v) is 13.6. The first-order valence-corrected chi connectivity index (χ1v) is 7.70. The molecule has 3 rings (SSSR count). The number of nitriles is 1. The summed E-state index contributed by atoms with van der Waals surface area (Å²) in [6.45, 7) is -0.977. The summed E-state index contributed by atoms with van der Waals surface area (Å²) in [5.41, 5.74) is 0.713. The van der Waals surface area contributed by atoms with Crippen LogP contribution in [0.4, 0.5) is 4.39 Å². The Hall–Kier alpha value is -1.07. The number of fused-ring (bicyclic) bond motifs is 1. The number of alkyl halides is 1. The summed E-state index contributed by atoms with van der Waals surface area (Å²) in [5, 5.41) is 29.9. The van der Waals surface area contributed by atoms with Gasteiger partial charge in [-0.15, -0.1) is 0 Å². The topological polar surface area (TPSA) is 89.3 Å². The molecule has 122 valence electrons. The van der Waals surface area contributed by atoms with Crippen LogP contribution in [0, 0.1) is 11.3 Å². The van der Waals surface area contributed by atoms with Gasteiger partial charge in [0.1, 0.15) is 42.3 Å². The average molecular weight is 380 g/mol. The summed E-state index contributed by atoms with van der Waals surface area (Å²) in [6, 6.07) is 3.43. The highest BCUT2D eigenvalue weighted by Crippen LogP contribution is 2.45. The maximum Gasteiger partial charge on any atom is 0.125 e. The monoisotopic (exact) mass is 378 g/mol. The van der Waals surface area contributed by atoms with Crippen molar-refractivity contribution in [2.45, 2.75) is 24.4 Å². The molecular weight excluding hydrogens is 370 g/mol. The molecule has 1 fully saturated rings. The number of nitrogens with zero attached hydrogens (tertiary/aromatic N) is 1. The number of ether oxygens (including phenoxy) is 1. The van der Waals surface area contributed by atoms with Crippen molar-refractivity contribution in [3.05, 3.63) is 32.4 Å². The number of aromatic amines is 1. The van der Waals surface area contributed by atoms with Gasteiger partial charge in [-0.1, -0.05) is 34.8 Å². The Labute approximate surface area is 145 Å². The molecule has 0 amide bonds. The molecule has 1 aromatic carbocycles. The van der Waals surface area contributed by atoms with Crippen LogP contribution in [0.1, 0.15) is 17.2 Å². The molecule has 0 aliphatic carbocycles. The lowest BCUT2D eigenvalue weighted by Crippen LogP contribution is -2.31. The van der Waals surface area contributed by atoms with Gasteiger partial charge >= 0.3 is 0 Å². The number of nitrogens with one attached hydrogen (secondary N) is 1. The van der Waals surface area contributed by atoms with Crippen molar-refractivity contribution in [1.82, 2.24) is 4.98 Å². The molecule has 23 heavy (non-hydrogen) atoms. The third-order valence-corrected chi connectivity index (χ3v) is 4.97. The van der Waals surface area contributed by atoms with Crippen molar-refractivity contribution in [1.29, 1.82) is 5.26 Å². The van der Waals surface area contributed by atoms with E-state index in [2.05, 4.69) is 4.98 Å². The van der Waals surface area contributed by atoms with E-state index in [0.29, 0.717) is 10.9 Å². The van der Waals surface area contributed by atoms with E-state index in [1.54, 1.807) is 0 Å². The fraction of sp³-hybridized carbons (Fsp3) is 0.357. The molecule has 2 aromatic rings. The van der Waals surface area contributed by atoms with E-state index in [9.17, 15) is 19.9 Å². The minimum atomic E-state index is -1.42. The van der Waals surface area contributed by atoms with Gasteiger partial charge in [-0.2, -0.15) is 5.26 Å². The smallest absolute Gasteiger partial charge is 0.125 e.